The van der Waals surface area contributed by atoms with Crippen molar-refractivity contribution in [3.63, 3.8) is 0 Å². The van der Waals surface area contributed by atoms with Gasteiger partial charge in [0.15, 0.2) is 11.5 Å². The van der Waals surface area contributed by atoms with E-state index in [9.17, 15) is 9.59 Å². The number of amides is 2. The van der Waals surface area contributed by atoms with E-state index in [-0.39, 0.29) is 29.3 Å². The van der Waals surface area contributed by atoms with Crippen LogP contribution in [0.2, 0.25) is 10.0 Å². The van der Waals surface area contributed by atoms with E-state index in [1.54, 1.807) is 37.3 Å². The lowest BCUT2D eigenvalue weighted by Crippen LogP contribution is -2.45. The second kappa shape index (κ2) is 10.9. The SMILES string of the molecule is COc1cc(C2CN(C(=O)c3ccc(Cl)cc3Cl)CC2C(=O)N2CCOCC2)cc(OC)c1OC. The van der Waals surface area contributed by atoms with Gasteiger partial charge in [0, 0.05) is 37.1 Å². The summed E-state index contributed by atoms with van der Waals surface area (Å²) < 4.78 is 21.9. The zero-order valence-corrected chi connectivity index (χ0v) is 21.4. The molecule has 0 saturated carbocycles. The molecule has 4 rings (SSSR count). The summed E-state index contributed by atoms with van der Waals surface area (Å²) >= 11 is 12.3. The maximum absolute atomic E-state index is 13.6. The van der Waals surface area contributed by atoms with Crippen molar-refractivity contribution in [3.8, 4) is 17.2 Å². The van der Waals surface area contributed by atoms with Gasteiger partial charge in [0.05, 0.1) is 51.0 Å². The zero-order valence-electron chi connectivity index (χ0n) is 19.9. The molecule has 0 bridgehead atoms. The van der Waals surface area contributed by atoms with Gasteiger partial charge < -0.3 is 28.7 Å². The van der Waals surface area contributed by atoms with E-state index in [0.717, 1.165) is 5.56 Å². The van der Waals surface area contributed by atoms with Crippen LogP contribution in [0.3, 0.4) is 0 Å². The third-order valence-electron chi connectivity index (χ3n) is 6.52. The maximum Gasteiger partial charge on any atom is 0.255 e. The molecular weight excluding hydrogens is 495 g/mol. The van der Waals surface area contributed by atoms with E-state index in [2.05, 4.69) is 0 Å². The van der Waals surface area contributed by atoms with Crippen molar-refractivity contribution < 1.29 is 28.5 Å². The summed E-state index contributed by atoms with van der Waals surface area (Å²) in [6.07, 6.45) is 0. The van der Waals surface area contributed by atoms with Crippen molar-refractivity contribution in [3.05, 3.63) is 51.5 Å². The highest BCUT2D eigenvalue weighted by Gasteiger charge is 2.43. The second-order valence-electron chi connectivity index (χ2n) is 8.44. The number of nitrogens with zero attached hydrogens (tertiary/aromatic N) is 2. The number of rotatable bonds is 6. The Balaban J connectivity index is 1.71. The summed E-state index contributed by atoms with van der Waals surface area (Å²) in [5, 5.41) is 0.721. The van der Waals surface area contributed by atoms with Crippen molar-refractivity contribution in [2.45, 2.75) is 5.92 Å². The van der Waals surface area contributed by atoms with Crippen LogP contribution in [0.25, 0.3) is 0 Å². The Morgan fingerprint density at radius 1 is 0.914 bits per heavy atom. The Morgan fingerprint density at radius 3 is 2.14 bits per heavy atom. The normalized spacial score (nSPS) is 20.0. The average molecular weight is 523 g/mol. The first-order valence-corrected chi connectivity index (χ1v) is 12.0. The highest BCUT2D eigenvalue weighted by atomic mass is 35.5. The Kier molecular flexibility index (Phi) is 7.94. The molecule has 0 spiro atoms. The van der Waals surface area contributed by atoms with Crippen LogP contribution in [-0.2, 0) is 9.53 Å². The molecule has 0 radical (unpaired) electrons. The molecule has 188 valence electrons. The minimum Gasteiger partial charge on any atom is -0.493 e. The summed E-state index contributed by atoms with van der Waals surface area (Å²) in [6, 6.07) is 8.46. The number of carbonyl (C=O) groups is 2. The Hall–Kier alpha value is -2.68. The van der Waals surface area contributed by atoms with E-state index >= 15 is 0 Å². The largest absolute Gasteiger partial charge is 0.493 e. The molecule has 0 N–H and O–H groups in total. The lowest BCUT2D eigenvalue weighted by molar-refractivity contribution is -0.139. The van der Waals surface area contributed by atoms with E-state index in [4.69, 9.17) is 42.1 Å². The molecule has 2 aliphatic rings. The van der Waals surface area contributed by atoms with Gasteiger partial charge in [-0.1, -0.05) is 23.2 Å². The number of hydrogen-bond acceptors (Lipinski definition) is 6. The van der Waals surface area contributed by atoms with Crippen LogP contribution in [0, 0.1) is 5.92 Å². The molecule has 2 aliphatic heterocycles. The average Bonchev–Trinajstić information content (AvgIpc) is 3.33. The van der Waals surface area contributed by atoms with Crippen molar-refractivity contribution in [1.29, 1.82) is 0 Å². The smallest absolute Gasteiger partial charge is 0.255 e. The van der Waals surface area contributed by atoms with Crippen molar-refractivity contribution in [1.82, 2.24) is 9.80 Å². The van der Waals surface area contributed by atoms with Crippen LogP contribution in [0.15, 0.2) is 30.3 Å². The molecule has 2 fully saturated rings. The van der Waals surface area contributed by atoms with Crippen LogP contribution < -0.4 is 14.2 Å². The fraction of sp³-hybridized carbons (Fsp3) is 0.440. The van der Waals surface area contributed by atoms with Crippen molar-refractivity contribution >= 4 is 35.0 Å². The van der Waals surface area contributed by atoms with Gasteiger partial charge in [-0.05, 0) is 35.9 Å². The molecule has 2 atom stereocenters. The molecule has 2 saturated heterocycles. The molecule has 10 heteroatoms. The number of methoxy groups -OCH3 is 3. The molecule has 2 aromatic carbocycles. The molecule has 2 amide bonds. The minimum atomic E-state index is -0.453. The van der Waals surface area contributed by atoms with Crippen LogP contribution in [0.5, 0.6) is 17.2 Å². The number of likely N-dealkylation sites (tertiary alicyclic amines) is 1. The maximum atomic E-state index is 13.6. The van der Waals surface area contributed by atoms with Crippen LogP contribution in [0.4, 0.5) is 0 Å². The van der Waals surface area contributed by atoms with E-state index in [0.29, 0.717) is 60.7 Å². The zero-order chi connectivity index (χ0) is 25.1. The monoisotopic (exact) mass is 522 g/mol. The highest BCUT2D eigenvalue weighted by molar-refractivity contribution is 6.36. The third-order valence-corrected chi connectivity index (χ3v) is 7.07. The lowest BCUT2D eigenvalue weighted by Gasteiger charge is -2.31. The fourth-order valence-electron chi connectivity index (χ4n) is 4.72. The predicted molar refractivity (Wildman–Crippen MR) is 132 cm³/mol. The minimum absolute atomic E-state index is 0.00967. The molecule has 8 nitrogen and oxygen atoms in total. The topological polar surface area (TPSA) is 77.5 Å². The van der Waals surface area contributed by atoms with E-state index in [1.807, 2.05) is 17.0 Å². The Labute approximate surface area is 214 Å². The molecule has 0 aromatic heterocycles. The van der Waals surface area contributed by atoms with Gasteiger partial charge in [-0.2, -0.15) is 0 Å². The fourth-order valence-corrected chi connectivity index (χ4v) is 5.21. The number of morpholine rings is 1. The van der Waals surface area contributed by atoms with Gasteiger partial charge in [0.25, 0.3) is 5.91 Å². The Morgan fingerprint density at radius 2 is 1.57 bits per heavy atom. The van der Waals surface area contributed by atoms with Crippen LogP contribution >= 0.6 is 23.2 Å². The number of benzene rings is 2. The van der Waals surface area contributed by atoms with Crippen LogP contribution in [-0.4, -0.2) is 82.3 Å². The predicted octanol–water partition coefficient (Wildman–Crippen LogP) is 3.73. The highest BCUT2D eigenvalue weighted by Crippen LogP contribution is 2.44. The first-order chi connectivity index (χ1) is 16.9. The van der Waals surface area contributed by atoms with E-state index < -0.39 is 5.92 Å². The summed E-state index contributed by atoms with van der Waals surface area (Å²) in [5.74, 6) is 0.453. The van der Waals surface area contributed by atoms with Gasteiger partial charge >= 0.3 is 0 Å². The number of hydrogen-bond donors (Lipinski definition) is 0. The quantitative estimate of drug-likeness (QED) is 0.575. The first-order valence-electron chi connectivity index (χ1n) is 11.3. The van der Waals surface area contributed by atoms with Crippen molar-refractivity contribution in [2.75, 3.05) is 60.7 Å². The standard InChI is InChI=1S/C25H28Cl2N2O6/c1-32-21-10-15(11-22(33-2)23(21)34-3)18-13-29(24(30)17-5-4-16(26)12-20(17)27)14-19(18)25(31)28-6-8-35-9-7-28/h4-5,10-12,18-19H,6-9,13-14H2,1-3H3. The Bertz CT molecular complexity index is 1080. The second-order valence-corrected chi connectivity index (χ2v) is 9.29. The third kappa shape index (κ3) is 5.15. The summed E-state index contributed by atoms with van der Waals surface area (Å²) in [7, 11) is 4.63. The van der Waals surface area contributed by atoms with Gasteiger partial charge in [0.1, 0.15) is 0 Å². The number of halogens is 2. The molecule has 35 heavy (non-hydrogen) atoms. The van der Waals surface area contributed by atoms with Crippen molar-refractivity contribution in [2.24, 2.45) is 5.92 Å². The number of ether oxygens (including phenoxy) is 4. The molecule has 2 aromatic rings. The van der Waals surface area contributed by atoms with E-state index in [1.165, 1.54) is 7.11 Å². The number of carbonyl (C=O) groups excluding carboxylic acids is 2. The summed E-state index contributed by atoms with van der Waals surface area (Å²) in [5.41, 5.74) is 1.17. The van der Waals surface area contributed by atoms with Gasteiger partial charge in [0.2, 0.25) is 11.7 Å². The first kappa shape index (κ1) is 25.4. The molecule has 2 heterocycles. The lowest BCUT2D eigenvalue weighted by atomic mass is 9.87. The van der Waals surface area contributed by atoms with Gasteiger partial charge in [-0.3, -0.25) is 9.59 Å². The van der Waals surface area contributed by atoms with Gasteiger partial charge in [-0.15, -0.1) is 0 Å². The molecule has 0 aliphatic carbocycles. The molecule has 2 unspecified atom stereocenters. The summed E-state index contributed by atoms with van der Waals surface area (Å²) in [6.45, 7) is 2.63. The van der Waals surface area contributed by atoms with Gasteiger partial charge in [-0.25, -0.2) is 0 Å². The summed E-state index contributed by atoms with van der Waals surface area (Å²) in [4.78, 5) is 30.5. The van der Waals surface area contributed by atoms with Crippen LogP contribution in [0.1, 0.15) is 21.8 Å². The molecular formula is C25H28Cl2N2O6.